The minimum absolute atomic E-state index is 0.0680. The number of carbonyl (C=O) groups is 1. The first kappa shape index (κ1) is 10.5. The smallest absolute Gasteiger partial charge is 0.263 e. The fourth-order valence-corrected chi connectivity index (χ4v) is 1.39. The van der Waals surface area contributed by atoms with E-state index in [1.165, 1.54) is 5.06 Å². The fraction of sp³-hybridized carbons (Fsp3) is 0.889. The minimum Gasteiger partial charge on any atom is -0.320 e. The number of amides is 1. The summed E-state index contributed by atoms with van der Waals surface area (Å²) >= 11 is 0. The molecular weight excluding hydrogens is 168 g/mol. The Kier molecular flexibility index (Phi) is 4.18. The van der Waals surface area contributed by atoms with Gasteiger partial charge in [0, 0.05) is 6.54 Å². The van der Waals surface area contributed by atoms with E-state index in [-0.39, 0.29) is 11.9 Å². The second-order valence-corrected chi connectivity index (χ2v) is 3.38. The van der Waals surface area contributed by atoms with Crippen LogP contribution < -0.4 is 5.73 Å². The van der Waals surface area contributed by atoms with Crippen molar-refractivity contribution in [2.45, 2.75) is 38.6 Å². The molecule has 0 radical (unpaired) electrons. The standard InChI is InChI=1S/C9H18N2O2/c1-2-5-8(10)9(12)11-6-3-4-7-13-11/h8H,2-7,10H2,1H3/t8-/m1/s1. The Morgan fingerprint density at radius 1 is 1.62 bits per heavy atom. The Balaban J connectivity index is 2.36. The van der Waals surface area contributed by atoms with Crippen LogP contribution in [0.25, 0.3) is 0 Å². The molecule has 1 rings (SSSR count). The first-order valence-corrected chi connectivity index (χ1v) is 4.95. The van der Waals surface area contributed by atoms with Gasteiger partial charge < -0.3 is 5.73 Å². The van der Waals surface area contributed by atoms with Crippen molar-refractivity contribution >= 4 is 5.91 Å². The maximum Gasteiger partial charge on any atom is 0.263 e. The molecular formula is C9H18N2O2. The highest BCUT2D eigenvalue weighted by molar-refractivity contribution is 5.80. The van der Waals surface area contributed by atoms with E-state index in [4.69, 9.17) is 10.6 Å². The molecule has 0 spiro atoms. The van der Waals surface area contributed by atoms with Gasteiger partial charge in [0.25, 0.3) is 5.91 Å². The third-order valence-electron chi connectivity index (χ3n) is 2.17. The molecule has 13 heavy (non-hydrogen) atoms. The summed E-state index contributed by atoms with van der Waals surface area (Å²) in [5.74, 6) is -0.0680. The molecule has 0 bridgehead atoms. The molecule has 1 aliphatic rings. The fourth-order valence-electron chi connectivity index (χ4n) is 1.39. The second-order valence-electron chi connectivity index (χ2n) is 3.38. The van der Waals surface area contributed by atoms with Crippen molar-refractivity contribution in [1.82, 2.24) is 5.06 Å². The first-order chi connectivity index (χ1) is 6.25. The van der Waals surface area contributed by atoms with Crippen molar-refractivity contribution in [3.8, 4) is 0 Å². The monoisotopic (exact) mass is 186 g/mol. The maximum absolute atomic E-state index is 11.6. The Bertz CT molecular complexity index is 167. The Labute approximate surface area is 79.0 Å². The van der Waals surface area contributed by atoms with E-state index in [2.05, 4.69) is 0 Å². The van der Waals surface area contributed by atoms with Gasteiger partial charge in [-0.3, -0.25) is 9.63 Å². The van der Waals surface area contributed by atoms with Gasteiger partial charge in [-0.15, -0.1) is 0 Å². The highest BCUT2D eigenvalue weighted by Crippen LogP contribution is 2.08. The van der Waals surface area contributed by atoms with Gasteiger partial charge in [0.15, 0.2) is 0 Å². The van der Waals surface area contributed by atoms with Crippen molar-refractivity contribution in [3.63, 3.8) is 0 Å². The molecule has 0 aromatic heterocycles. The van der Waals surface area contributed by atoms with Crippen LogP contribution in [0.4, 0.5) is 0 Å². The highest BCUT2D eigenvalue weighted by Gasteiger charge is 2.22. The normalized spacial score (nSPS) is 20.0. The number of nitrogens with zero attached hydrogens (tertiary/aromatic N) is 1. The van der Waals surface area contributed by atoms with E-state index in [1.807, 2.05) is 6.92 Å². The lowest BCUT2D eigenvalue weighted by molar-refractivity contribution is -0.198. The average Bonchev–Trinajstić information content (AvgIpc) is 2.18. The third kappa shape index (κ3) is 2.97. The number of rotatable bonds is 3. The van der Waals surface area contributed by atoms with Crippen LogP contribution in [-0.4, -0.2) is 30.2 Å². The number of nitrogens with two attached hydrogens (primary N) is 1. The highest BCUT2D eigenvalue weighted by atomic mass is 16.7. The summed E-state index contributed by atoms with van der Waals surface area (Å²) in [6.45, 7) is 3.35. The van der Waals surface area contributed by atoms with Crippen LogP contribution in [0.1, 0.15) is 32.6 Å². The summed E-state index contributed by atoms with van der Waals surface area (Å²) in [7, 11) is 0. The Morgan fingerprint density at radius 2 is 2.38 bits per heavy atom. The maximum atomic E-state index is 11.6. The molecule has 0 aliphatic carbocycles. The zero-order chi connectivity index (χ0) is 9.68. The summed E-state index contributed by atoms with van der Waals surface area (Å²) in [4.78, 5) is 16.8. The van der Waals surface area contributed by atoms with Crippen LogP contribution in [0.15, 0.2) is 0 Å². The van der Waals surface area contributed by atoms with Crippen LogP contribution in [0, 0.1) is 0 Å². The van der Waals surface area contributed by atoms with Crippen LogP contribution in [0.3, 0.4) is 0 Å². The molecule has 4 heteroatoms. The number of hydroxylamine groups is 2. The lowest BCUT2D eigenvalue weighted by Crippen LogP contribution is -2.45. The molecule has 1 amide bonds. The van der Waals surface area contributed by atoms with Gasteiger partial charge >= 0.3 is 0 Å². The molecule has 1 fully saturated rings. The van der Waals surface area contributed by atoms with Crippen molar-refractivity contribution in [3.05, 3.63) is 0 Å². The zero-order valence-corrected chi connectivity index (χ0v) is 8.16. The second kappa shape index (κ2) is 5.19. The van der Waals surface area contributed by atoms with E-state index >= 15 is 0 Å². The lowest BCUT2D eigenvalue weighted by atomic mass is 10.1. The molecule has 0 aromatic carbocycles. The molecule has 0 unspecified atom stereocenters. The Morgan fingerprint density at radius 3 is 2.92 bits per heavy atom. The van der Waals surface area contributed by atoms with E-state index in [1.54, 1.807) is 0 Å². The van der Waals surface area contributed by atoms with Gasteiger partial charge in [-0.25, -0.2) is 5.06 Å². The van der Waals surface area contributed by atoms with Crippen molar-refractivity contribution in [2.75, 3.05) is 13.2 Å². The predicted octanol–water partition coefficient (Wildman–Crippen LogP) is 0.668. The molecule has 76 valence electrons. The Hall–Kier alpha value is -0.610. The number of hydrogen-bond donors (Lipinski definition) is 1. The predicted molar refractivity (Wildman–Crippen MR) is 49.8 cm³/mol. The van der Waals surface area contributed by atoms with Gasteiger partial charge in [0.2, 0.25) is 0 Å². The van der Waals surface area contributed by atoms with Crippen LogP contribution in [0.2, 0.25) is 0 Å². The molecule has 2 N–H and O–H groups in total. The van der Waals surface area contributed by atoms with E-state index in [0.29, 0.717) is 13.2 Å². The molecule has 0 saturated carbocycles. The minimum atomic E-state index is -0.386. The molecule has 1 heterocycles. The number of hydrogen-bond acceptors (Lipinski definition) is 3. The molecule has 1 aliphatic heterocycles. The molecule has 1 saturated heterocycles. The largest absolute Gasteiger partial charge is 0.320 e. The van der Waals surface area contributed by atoms with Gasteiger partial charge in [-0.1, -0.05) is 13.3 Å². The SMILES string of the molecule is CCC[C@@H](N)C(=O)N1CCCCO1. The van der Waals surface area contributed by atoms with Gasteiger partial charge in [0.05, 0.1) is 12.6 Å². The van der Waals surface area contributed by atoms with Crippen molar-refractivity contribution in [2.24, 2.45) is 5.73 Å². The quantitative estimate of drug-likeness (QED) is 0.704. The molecule has 1 atom stereocenters. The number of carbonyl (C=O) groups excluding carboxylic acids is 1. The molecule has 0 aromatic rings. The first-order valence-electron chi connectivity index (χ1n) is 4.95. The van der Waals surface area contributed by atoms with E-state index < -0.39 is 0 Å². The van der Waals surface area contributed by atoms with Gasteiger partial charge in [-0.2, -0.15) is 0 Å². The van der Waals surface area contributed by atoms with Gasteiger partial charge in [-0.05, 0) is 19.3 Å². The van der Waals surface area contributed by atoms with Crippen molar-refractivity contribution < 1.29 is 9.63 Å². The average molecular weight is 186 g/mol. The third-order valence-corrected chi connectivity index (χ3v) is 2.17. The van der Waals surface area contributed by atoms with E-state index in [9.17, 15) is 4.79 Å². The summed E-state index contributed by atoms with van der Waals surface area (Å²) in [5, 5.41) is 1.42. The topological polar surface area (TPSA) is 55.6 Å². The van der Waals surface area contributed by atoms with Gasteiger partial charge in [0.1, 0.15) is 0 Å². The summed E-state index contributed by atoms with van der Waals surface area (Å²) < 4.78 is 0. The van der Waals surface area contributed by atoms with Crippen LogP contribution >= 0.6 is 0 Å². The zero-order valence-electron chi connectivity index (χ0n) is 8.16. The van der Waals surface area contributed by atoms with Crippen molar-refractivity contribution in [1.29, 1.82) is 0 Å². The van der Waals surface area contributed by atoms with Crippen LogP contribution in [0.5, 0.6) is 0 Å². The van der Waals surface area contributed by atoms with E-state index in [0.717, 1.165) is 25.7 Å². The molecule has 4 nitrogen and oxygen atoms in total. The van der Waals surface area contributed by atoms with Crippen LogP contribution in [-0.2, 0) is 9.63 Å². The summed E-state index contributed by atoms with van der Waals surface area (Å²) in [5.41, 5.74) is 5.69. The summed E-state index contributed by atoms with van der Waals surface area (Å²) in [6.07, 6.45) is 3.72. The summed E-state index contributed by atoms with van der Waals surface area (Å²) in [6, 6.07) is -0.386. The lowest BCUT2D eigenvalue weighted by Gasteiger charge is -2.27.